The average molecular weight is 406 g/mol. The van der Waals surface area contributed by atoms with Gasteiger partial charge in [0.1, 0.15) is 4.21 Å². The van der Waals surface area contributed by atoms with Crippen LogP contribution in [0, 0.1) is 0 Å². The first kappa shape index (κ1) is 18.5. The zero-order chi connectivity index (χ0) is 18.9. The number of hydrogen-bond donors (Lipinski definition) is 2. The van der Waals surface area contributed by atoms with Crippen LogP contribution in [0.2, 0.25) is 0 Å². The highest BCUT2D eigenvalue weighted by Crippen LogP contribution is 2.29. The number of sulfonamides is 1. The van der Waals surface area contributed by atoms with Gasteiger partial charge in [0.25, 0.3) is 15.9 Å². The molecule has 1 aliphatic heterocycles. The van der Waals surface area contributed by atoms with Crippen molar-refractivity contribution in [3.05, 3.63) is 47.3 Å². The maximum Gasteiger partial charge on any atom is 0.271 e. The van der Waals surface area contributed by atoms with Crippen molar-refractivity contribution < 1.29 is 13.2 Å². The van der Waals surface area contributed by atoms with Crippen molar-refractivity contribution in [3.8, 4) is 0 Å². The number of rotatable bonds is 6. The highest BCUT2D eigenvalue weighted by atomic mass is 32.2. The van der Waals surface area contributed by atoms with Gasteiger partial charge in [-0.05, 0) is 61.4 Å². The van der Waals surface area contributed by atoms with Crippen LogP contribution in [0.1, 0.15) is 36.0 Å². The van der Waals surface area contributed by atoms with Crippen molar-refractivity contribution in [2.45, 2.75) is 42.0 Å². The Kier molecular flexibility index (Phi) is 5.21. The second-order valence-corrected chi connectivity index (χ2v) is 9.99. The van der Waals surface area contributed by atoms with E-state index < -0.39 is 10.0 Å². The summed E-state index contributed by atoms with van der Waals surface area (Å²) in [4.78, 5) is 15.0. The van der Waals surface area contributed by atoms with Crippen molar-refractivity contribution in [1.29, 1.82) is 0 Å². The molecule has 6 nitrogen and oxygen atoms in total. The number of nitrogens with zero attached hydrogens (tertiary/aromatic N) is 1. The Labute approximate surface area is 163 Å². The van der Waals surface area contributed by atoms with Gasteiger partial charge >= 0.3 is 0 Å². The van der Waals surface area contributed by atoms with Crippen molar-refractivity contribution >= 4 is 33.0 Å². The summed E-state index contributed by atoms with van der Waals surface area (Å²) < 4.78 is 27.3. The summed E-state index contributed by atoms with van der Waals surface area (Å²) in [6.07, 6.45) is 4.61. The molecule has 0 bridgehead atoms. The fraction of sp³-hybridized carbons (Fsp3) is 0.421. The minimum absolute atomic E-state index is 0.104. The molecule has 2 aromatic rings. The van der Waals surface area contributed by atoms with E-state index in [2.05, 4.69) is 14.9 Å². The predicted octanol–water partition coefficient (Wildman–Crippen LogP) is 2.91. The summed E-state index contributed by atoms with van der Waals surface area (Å²) in [5, 5.41) is 4.82. The first-order chi connectivity index (χ1) is 13.0. The molecule has 0 unspecified atom stereocenters. The Morgan fingerprint density at radius 2 is 1.74 bits per heavy atom. The minimum Gasteiger partial charge on any atom is -0.349 e. The zero-order valence-corrected chi connectivity index (χ0v) is 16.6. The molecule has 0 spiro atoms. The molecule has 2 heterocycles. The van der Waals surface area contributed by atoms with Gasteiger partial charge in [-0.15, -0.1) is 11.3 Å². The van der Waals surface area contributed by atoms with E-state index in [1.165, 1.54) is 12.8 Å². The van der Waals surface area contributed by atoms with Gasteiger partial charge in [0.2, 0.25) is 0 Å². The third-order valence-corrected chi connectivity index (χ3v) is 7.87. The smallest absolute Gasteiger partial charge is 0.271 e. The Morgan fingerprint density at radius 1 is 1.04 bits per heavy atom. The molecule has 1 aromatic carbocycles. The van der Waals surface area contributed by atoms with Gasteiger partial charge < -0.3 is 10.2 Å². The molecule has 2 N–H and O–H groups in total. The van der Waals surface area contributed by atoms with Crippen LogP contribution in [0.5, 0.6) is 0 Å². The quantitative estimate of drug-likeness (QED) is 0.775. The lowest BCUT2D eigenvalue weighted by molar-refractivity contribution is 0.0909. The van der Waals surface area contributed by atoms with E-state index in [0.29, 0.717) is 11.3 Å². The molecule has 1 amide bonds. The molecule has 1 saturated heterocycles. The van der Waals surface area contributed by atoms with Gasteiger partial charge in [0.15, 0.2) is 0 Å². The number of benzene rings is 1. The molecule has 2 fully saturated rings. The topological polar surface area (TPSA) is 78.5 Å². The third kappa shape index (κ3) is 4.51. The Hall–Kier alpha value is -1.90. The van der Waals surface area contributed by atoms with E-state index in [1.807, 2.05) is 0 Å². The maximum atomic E-state index is 12.5. The maximum absolute atomic E-state index is 12.5. The second kappa shape index (κ2) is 7.61. The van der Waals surface area contributed by atoms with Crippen molar-refractivity contribution in [3.63, 3.8) is 0 Å². The van der Waals surface area contributed by atoms with Crippen molar-refractivity contribution in [1.82, 2.24) is 10.2 Å². The lowest BCUT2D eigenvalue weighted by Crippen LogP contribution is -2.45. The average Bonchev–Trinajstić information content (AvgIpc) is 3.35. The van der Waals surface area contributed by atoms with E-state index in [4.69, 9.17) is 0 Å². The number of anilines is 1. The van der Waals surface area contributed by atoms with Crippen LogP contribution in [0.15, 0.2) is 46.0 Å². The molecule has 1 saturated carbocycles. The molecule has 1 aliphatic carbocycles. The van der Waals surface area contributed by atoms with Crippen LogP contribution in [0.3, 0.4) is 0 Å². The molecule has 4 rings (SSSR count). The van der Waals surface area contributed by atoms with E-state index in [1.54, 1.807) is 41.8 Å². The lowest BCUT2D eigenvalue weighted by atomic mass is 10.0. The summed E-state index contributed by atoms with van der Waals surface area (Å²) >= 11 is 1.16. The van der Waals surface area contributed by atoms with Gasteiger partial charge in [-0.25, -0.2) is 8.42 Å². The van der Waals surface area contributed by atoms with E-state index in [0.717, 1.165) is 43.3 Å². The van der Waals surface area contributed by atoms with Crippen molar-refractivity contribution in [2.24, 2.45) is 0 Å². The molecule has 0 radical (unpaired) electrons. The summed E-state index contributed by atoms with van der Waals surface area (Å²) in [5.41, 5.74) is 0.983. The lowest BCUT2D eigenvalue weighted by Gasteiger charge is -2.32. The van der Waals surface area contributed by atoms with Crippen LogP contribution < -0.4 is 10.0 Å². The first-order valence-electron chi connectivity index (χ1n) is 9.22. The fourth-order valence-corrected chi connectivity index (χ4v) is 5.48. The van der Waals surface area contributed by atoms with Crippen molar-refractivity contribution in [2.75, 3.05) is 17.8 Å². The summed E-state index contributed by atoms with van der Waals surface area (Å²) in [6, 6.07) is 10.8. The normalized spacial score (nSPS) is 19.0. The molecular weight excluding hydrogens is 382 g/mol. The Morgan fingerprint density at radius 3 is 2.33 bits per heavy atom. The summed E-state index contributed by atoms with van der Waals surface area (Å²) in [7, 11) is -3.57. The third-order valence-electron chi connectivity index (χ3n) is 5.09. The number of piperidine rings is 1. The number of carbonyl (C=O) groups excluding carboxylic acids is 1. The molecule has 1 aromatic heterocycles. The number of likely N-dealkylation sites (tertiary alicyclic amines) is 1. The van der Waals surface area contributed by atoms with E-state index in [-0.39, 0.29) is 16.2 Å². The van der Waals surface area contributed by atoms with Crippen LogP contribution in [0.25, 0.3) is 0 Å². The monoisotopic (exact) mass is 405 g/mol. The minimum atomic E-state index is -3.57. The number of amides is 1. The Bertz CT molecular complexity index is 883. The van der Waals surface area contributed by atoms with Gasteiger partial charge in [-0.2, -0.15) is 0 Å². The van der Waals surface area contributed by atoms with Gasteiger partial charge in [0.05, 0.1) is 0 Å². The summed E-state index contributed by atoms with van der Waals surface area (Å²) in [6.45, 7) is 2.11. The zero-order valence-electron chi connectivity index (χ0n) is 14.9. The standard InChI is InChI=1S/C19H23N3O3S2/c23-19(20-15-9-11-22(12-10-15)17-7-8-17)14-3-5-16(6-4-14)21-27(24,25)18-2-1-13-26-18/h1-6,13,15,17,21H,7-12H2,(H,20,23). The fourth-order valence-electron chi connectivity index (χ4n) is 3.43. The first-order valence-corrected chi connectivity index (χ1v) is 11.6. The van der Waals surface area contributed by atoms with Crippen LogP contribution in [0.4, 0.5) is 5.69 Å². The number of hydrogen-bond acceptors (Lipinski definition) is 5. The molecule has 27 heavy (non-hydrogen) atoms. The van der Waals surface area contributed by atoms with Gasteiger partial charge in [-0.1, -0.05) is 6.07 Å². The molecule has 0 atom stereocenters. The van der Waals surface area contributed by atoms with E-state index >= 15 is 0 Å². The second-order valence-electron chi connectivity index (χ2n) is 7.13. The van der Waals surface area contributed by atoms with E-state index in [9.17, 15) is 13.2 Å². The number of nitrogens with one attached hydrogen (secondary N) is 2. The number of thiophene rings is 1. The SMILES string of the molecule is O=C(NC1CCN(C2CC2)CC1)c1ccc(NS(=O)(=O)c2cccs2)cc1. The van der Waals surface area contributed by atoms with Gasteiger partial charge in [0, 0.05) is 36.4 Å². The highest BCUT2D eigenvalue weighted by molar-refractivity contribution is 7.94. The molecule has 2 aliphatic rings. The molecule has 8 heteroatoms. The Balaban J connectivity index is 1.32. The number of carbonyl (C=O) groups is 1. The van der Waals surface area contributed by atoms with Crippen LogP contribution >= 0.6 is 11.3 Å². The van der Waals surface area contributed by atoms with Crippen LogP contribution in [-0.2, 0) is 10.0 Å². The summed E-state index contributed by atoms with van der Waals surface area (Å²) in [5.74, 6) is -0.104. The predicted molar refractivity (Wildman–Crippen MR) is 107 cm³/mol. The highest BCUT2D eigenvalue weighted by Gasteiger charge is 2.32. The van der Waals surface area contributed by atoms with Gasteiger partial charge in [-0.3, -0.25) is 9.52 Å². The molecule has 144 valence electrons. The van der Waals surface area contributed by atoms with Crippen LogP contribution in [-0.4, -0.2) is 44.4 Å². The largest absolute Gasteiger partial charge is 0.349 e. The molecular formula is C19H23N3O3S2.